The second-order valence-corrected chi connectivity index (χ2v) is 4.93. The van der Waals surface area contributed by atoms with Gasteiger partial charge in [-0.25, -0.2) is 0 Å². The zero-order valence-electron chi connectivity index (χ0n) is 10.9. The van der Waals surface area contributed by atoms with Crippen LogP contribution in [0.3, 0.4) is 0 Å². The minimum absolute atomic E-state index is 1.08. The molecule has 0 atom stereocenters. The maximum atomic E-state index is 3.53. The van der Waals surface area contributed by atoms with Crippen LogP contribution < -0.4 is 10.6 Å². The van der Waals surface area contributed by atoms with Gasteiger partial charge < -0.3 is 10.6 Å². The molecule has 0 fully saturated rings. The van der Waals surface area contributed by atoms with E-state index in [1.54, 1.807) is 11.1 Å². The molecule has 0 saturated carbocycles. The van der Waals surface area contributed by atoms with Crippen molar-refractivity contribution in [2.75, 3.05) is 25.5 Å². The van der Waals surface area contributed by atoms with Crippen LogP contribution in [0.4, 0.5) is 5.69 Å². The molecule has 0 aromatic heterocycles. The smallest absolute Gasteiger partial charge is 0.0343 e. The lowest BCUT2D eigenvalue weighted by molar-refractivity contribution is 0.684. The topological polar surface area (TPSA) is 24.1 Å². The molecular weight excluding hydrogens is 208 g/mol. The van der Waals surface area contributed by atoms with Crippen LogP contribution in [0, 0.1) is 0 Å². The summed E-state index contributed by atoms with van der Waals surface area (Å²) in [6, 6.07) is 6.90. The molecule has 0 aliphatic heterocycles. The van der Waals surface area contributed by atoms with Crippen LogP contribution in [0.25, 0.3) is 0 Å². The average Bonchev–Trinajstić information content (AvgIpc) is 2.38. The monoisotopic (exact) mass is 232 g/mol. The summed E-state index contributed by atoms with van der Waals surface area (Å²) in [6.07, 6.45) is 7.75. The van der Waals surface area contributed by atoms with Gasteiger partial charge in [-0.2, -0.15) is 0 Å². The number of unbranched alkanes of at least 4 members (excludes halogenated alkanes) is 1. The predicted octanol–water partition coefficient (Wildman–Crippen LogP) is 2.98. The minimum atomic E-state index is 1.08. The SMILES string of the molecule is CNCCCCNc1ccc2c(c1)CCCC2. The van der Waals surface area contributed by atoms with Gasteiger partial charge >= 0.3 is 0 Å². The van der Waals surface area contributed by atoms with E-state index in [1.165, 1.54) is 44.2 Å². The molecule has 2 rings (SSSR count). The van der Waals surface area contributed by atoms with E-state index in [4.69, 9.17) is 0 Å². The Balaban J connectivity index is 1.81. The highest BCUT2D eigenvalue weighted by Crippen LogP contribution is 2.24. The lowest BCUT2D eigenvalue weighted by Gasteiger charge is -2.17. The van der Waals surface area contributed by atoms with Crippen molar-refractivity contribution < 1.29 is 0 Å². The summed E-state index contributed by atoms with van der Waals surface area (Å²) in [5.41, 5.74) is 4.43. The van der Waals surface area contributed by atoms with Crippen molar-refractivity contribution in [2.45, 2.75) is 38.5 Å². The Morgan fingerprint density at radius 1 is 1.00 bits per heavy atom. The molecule has 2 N–H and O–H groups in total. The second kappa shape index (κ2) is 6.65. The molecule has 2 nitrogen and oxygen atoms in total. The molecule has 94 valence electrons. The predicted molar refractivity (Wildman–Crippen MR) is 74.7 cm³/mol. The van der Waals surface area contributed by atoms with E-state index in [0.717, 1.165) is 13.1 Å². The quantitative estimate of drug-likeness (QED) is 0.737. The first kappa shape index (κ1) is 12.4. The largest absolute Gasteiger partial charge is 0.385 e. The van der Waals surface area contributed by atoms with Gasteiger partial charge in [0.25, 0.3) is 0 Å². The summed E-state index contributed by atoms with van der Waals surface area (Å²) in [5.74, 6) is 0. The lowest BCUT2D eigenvalue weighted by Crippen LogP contribution is -2.10. The molecule has 17 heavy (non-hydrogen) atoms. The number of hydrogen-bond donors (Lipinski definition) is 2. The Labute approximate surface area is 105 Å². The standard InChI is InChI=1S/C15H24N2/c1-16-10-4-5-11-17-15-9-8-13-6-2-3-7-14(13)12-15/h8-9,12,16-17H,2-7,10-11H2,1H3. The third-order valence-electron chi connectivity index (χ3n) is 3.53. The first-order valence-electron chi connectivity index (χ1n) is 6.90. The highest BCUT2D eigenvalue weighted by Gasteiger charge is 2.08. The molecule has 1 aromatic carbocycles. The van der Waals surface area contributed by atoms with Gasteiger partial charge in [-0.15, -0.1) is 0 Å². The number of aryl methyl sites for hydroxylation is 2. The van der Waals surface area contributed by atoms with Crippen LogP contribution in [-0.4, -0.2) is 20.1 Å². The number of hydrogen-bond acceptors (Lipinski definition) is 2. The number of benzene rings is 1. The van der Waals surface area contributed by atoms with Crippen molar-refractivity contribution in [1.82, 2.24) is 5.32 Å². The van der Waals surface area contributed by atoms with Crippen LogP contribution in [-0.2, 0) is 12.8 Å². The van der Waals surface area contributed by atoms with Crippen molar-refractivity contribution in [1.29, 1.82) is 0 Å². The average molecular weight is 232 g/mol. The molecule has 0 amide bonds. The van der Waals surface area contributed by atoms with Crippen molar-refractivity contribution in [3.63, 3.8) is 0 Å². The van der Waals surface area contributed by atoms with Crippen LogP contribution in [0.15, 0.2) is 18.2 Å². The van der Waals surface area contributed by atoms with Gasteiger partial charge in [-0.3, -0.25) is 0 Å². The Bertz CT molecular complexity index is 347. The molecule has 1 aliphatic carbocycles. The van der Waals surface area contributed by atoms with E-state index in [0.29, 0.717) is 0 Å². The summed E-state index contributed by atoms with van der Waals surface area (Å²) >= 11 is 0. The lowest BCUT2D eigenvalue weighted by atomic mass is 9.91. The fraction of sp³-hybridized carbons (Fsp3) is 0.600. The summed E-state index contributed by atoms with van der Waals surface area (Å²) in [4.78, 5) is 0. The van der Waals surface area contributed by atoms with Crippen molar-refractivity contribution in [2.24, 2.45) is 0 Å². The van der Waals surface area contributed by atoms with E-state index in [1.807, 2.05) is 7.05 Å². The van der Waals surface area contributed by atoms with Crippen LogP contribution in [0.2, 0.25) is 0 Å². The molecule has 0 heterocycles. The fourth-order valence-corrected chi connectivity index (χ4v) is 2.50. The molecule has 1 aliphatic rings. The Kier molecular flexibility index (Phi) is 4.87. The molecule has 0 saturated heterocycles. The molecule has 0 spiro atoms. The van der Waals surface area contributed by atoms with Gasteiger partial charge in [0.2, 0.25) is 0 Å². The molecule has 2 heteroatoms. The number of nitrogens with one attached hydrogen (secondary N) is 2. The summed E-state index contributed by atoms with van der Waals surface area (Å²) in [6.45, 7) is 2.20. The Hall–Kier alpha value is -1.02. The summed E-state index contributed by atoms with van der Waals surface area (Å²) < 4.78 is 0. The van der Waals surface area contributed by atoms with E-state index in [9.17, 15) is 0 Å². The highest BCUT2D eigenvalue weighted by atomic mass is 14.9. The van der Waals surface area contributed by atoms with Crippen LogP contribution in [0.5, 0.6) is 0 Å². The van der Waals surface area contributed by atoms with Gasteiger partial charge in [0.05, 0.1) is 0 Å². The molecular formula is C15H24N2. The van der Waals surface area contributed by atoms with Crippen molar-refractivity contribution in [3.05, 3.63) is 29.3 Å². The maximum Gasteiger partial charge on any atom is 0.0343 e. The van der Waals surface area contributed by atoms with E-state index >= 15 is 0 Å². The molecule has 0 radical (unpaired) electrons. The highest BCUT2D eigenvalue weighted by molar-refractivity contribution is 5.49. The molecule has 0 bridgehead atoms. The second-order valence-electron chi connectivity index (χ2n) is 4.93. The van der Waals surface area contributed by atoms with Gasteiger partial charge in [0, 0.05) is 12.2 Å². The third kappa shape index (κ3) is 3.74. The zero-order chi connectivity index (χ0) is 11.9. The zero-order valence-corrected chi connectivity index (χ0v) is 10.9. The van der Waals surface area contributed by atoms with Crippen molar-refractivity contribution >= 4 is 5.69 Å². The Morgan fingerprint density at radius 2 is 1.76 bits per heavy atom. The van der Waals surface area contributed by atoms with Gasteiger partial charge in [0.15, 0.2) is 0 Å². The normalized spacial score (nSPS) is 14.4. The van der Waals surface area contributed by atoms with E-state index < -0.39 is 0 Å². The van der Waals surface area contributed by atoms with Crippen molar-refractivity contribution in [3.8, 4) is 0 Å². The first-order valence-corrected chi connectivity index (χ1v) is 6.90. The van der Waals surface area contributed by atoms with Gasteiger partial charge in [0.1, 0.15) is 0 Å². The van der Waals surface area contributed by atoms with E-state index in [-0.39, 0.29) is 0 Å². The number of fused-ring (bicyclic) bond motifs is 1. The maximum absolute atomic E-state index is 3.53. The number of anilines is 1. The summed E-state index contributed by atoms with van der Waals surface area (Å²) in [7, 11) is 2.01. The molecule has 1 aromatic rings. The molecule has 0 unspecified atom stereocenters. The third-order valence-corrected chi connectivity index (χ3v) is 3.53. The van der Waals surface area contributed by atoms with Gasteiger partial charge in [-0.1, -0.05) is 6.07 Å². The fourth-order valence-electron chi connectivity index (χ4n) is 2.50. The van der Waals surface area contributed by atoms with E-state index in [2.05, 4.69) is 28.8 Å². The first-order chi connectivity index (χ1) is 8.40. The minimum Gasteiger partial charge on any atom is -0.385 e. The summed E-state index contributed by atoms with van der Waals surface area (Å²) in [5, 5.41) is 6.71. The Morgan fingerprint density at radius 3 is 2.59 bits per heavy atom. The van der Waals surface area contributed by atoms with Crippen LogP contribution in [0.1, 0.15) is 36.8 Å². The number of rotatable bonds is 6. The van der Waals surface area contributed by atoms with Crippen LogP contribution >= 0.6 is 0 Å². The van der Waals surface area contributed by atoms with Gasteiger partial charge in [-0.05, 0) is 75.4 Å².